The number of carbonyl (C=O) groups excluding carboxylic acids is 1. The Bertz CT molecular complexity index is 521. The van der Waals surface area contributed by atoms with E-state index in [1.807, 2.05) is 52.0 Å². The van der Waals surface area contributed by atoms with Crippen LogP contribution in [0.25, 0.3) is 0 Å². The monoisotopic (exact) mass is 306 g/mol. The van der Waals surface area contributed by atoms with Gasteiger partial charge in [0.1, 0.15) is 5.60 Å². The Morgan fingerprint density at radius 1 is 1.36 bits per heavy atom. The third-order valence-corrected chi connectivity index (χ3v) is 2.61. The molecule has 0 saturated heterocycles. The van der Waals surface area contributed by atoms with Crippen molar-refractivity contribution in [2.45, 2.75) is 39.7 Å². The Morgan fingerprint density at radius 2 is 2.09 bits per heavy atom. The van der Waals surface area contributed by atoms with Gasteiger partial charge in [-0.25, -0.2) is 4.79 Å². The highest BCUT2D eigenvalue weighted by molar-refractivity contribution is 5.92. The molecular formula is C16H26N4O2. The van der Waals surface area contributed by atoms with Crippen LogP contribution in [-0.2, 0) is 11.2 Å². The van der Waals surface area contributed by atoms with Crippen molar-refractivity contribution in [1.29, 1.82) is 0 Å². The fourth-order valence-electron chi connectivity index (χ4n) is 1.79. The summed E-state index contributed by atoms with van der Waals surface area (Å²) in [5, 5.41) is 5.77. The molecule has 0 unspecified atom stereocenters. The number of aliphatic imine (C=N–C) groups is 1. The van der Waals surface area contributed by atoms with E-state index >= 15 is 0 Å². The van der Waals surface area contributed by atoms with E-state index in [1.54, 1.807) is 0 Å². The van der Waals surface area contributed by atoms with Gasteiger partial charge in [-0.1, -0.05) is 12.1 Å². The summed E-state index contributed by atoms with van der Waals surface area (Å²) in [5.74, 6) is 0.395. The summed E-state index contributed by atoms with van der Waals surface area (Å²) in [6.07, 6.45) is 0.306. The lowest BCUT2D eigenvalue weighted by Gasteiger charge is -2.19. The molecule has 0 fully saturated rings. The normalized spacial score (nSPS) is 11.9. The van der Waals surface area contributed by atoms with Crippen LogP contribution in [0.5, 0.6) is 0 Å². The second kappa shape index (κ2) is 8.26. The number of rotatable bonds is 5. The summed E-state index contributed by atoms with van der Waals surface area (Å²) in [5.41, 5.74) is 7.22. The first kappa shape index (κ1) is 17.8. The molecule has 4 N–H and O–H groups in total. The minimum Gasteiger partial charge on any atom is -0.444 e. The van der Waals surface area contributed by atoms with E-state index in [1.165, 1.54) is 0 Å². The maximum atomic E-state index is 11.6. The molecule has 0 bridgehead atoms. The first-order valence-electron chi connectivity index (χ1n) is 7.43. The largest absolute Gasteiger partial charge is 0.444 e. The van der Waals surface area contributed by atoms with E-state index < -0.39 is 11.7 Å². The minimum atomic E-state index is -0.482. The molecule has 0 heterocycles. The third kappa shape index (κ3) is 7.52. The Balaban J connectivity index is 2.47. The topological polar surface area (TPSA) is 88.7 Å². The summed E-state index contributed by atoms with van der Waals surface area (Å²) in [4.78, 5) is 15.6. The maximum absolute atomic E-state index is 11.6. The summed E-state index contributed by atoms with van der Waals surface area (Å²) < 4.78 is 5.18. The van der Waals surface area contributed by atoms with E-state index in [2.05, 4.69) is 15.6 Å². The number of guanidine groups is 1. The van der Waals surface area contributed by atoms with Crippen molar-refractivity contribution in [2.75, 3.05) is 18.4 Å². The number of anilines is 1. The number of benzene rings is 1. The first-order valence-corrected chi connectivity index (χ1v) is 7.43. The highest BCUT2D eigenvalue weighted by atomic mass is 16.6. The van der Waals surface area contributed by atoms with Gasteiger partial charge in [-0.2, -0.15) is 0 Å². The number of hydrogen-bond acceptors (Lipinski definition) is 3. The summed E-state index contributed by atoms with van der Waals surface area (Å²) >= 11 is 0. The zero-order chi connectivity index (χ0) is 16.6. The van der Waals surface area contributed by atoms with Gasteiger partial charge in [0, 0.05) is 18.8 Å². The average Bonchev–Trinajstić information content (AvgIpc) is 2.37. The fraction of sp³-hybridized carbons (Fsp3) is 0.500. The molecule has 22 heavy (non-hydrogen) atoms. The molecule has 1 aromatic carbocycles. The fourth-order valence-corrected chi connectivity index (χ4v) is 1.79. The van der Waals surface area contributed by atoms with Crippen LogP contribution in [0.15, 0.2) is 29.3 Å². The molecule has 122 valence electrons. The van der Waals surface area contributed by atoms with E-state index in [0.29, 0.717) is 25.5 Å². The number of nitrogens with two attached hydrogens (primary N) is 1. The molecule has 0 aliphatic carbocycles. The number of ether oxygens (including phenoxy) is 1. The van der Waals surface area contributed by atoms with Crippen LogP contribution < -0.4 is 16.4 Å². The number of amides is 1. The average molecular weight is 306 g/mol. The first-order chi connectivity index (χ1) is 10.3. The minimum absolute atomic E-state index is 0.395. The van der Waals surface area contributed by atoms with Crippen LogP contribution in [0.3, 0.4) is 0 Å². The predicted octanol–water partition coefficient (Wildman–Crippen LogP) is 2.50. The molecule has 0 radical (unpaired) electrons. The Hall–Kier alpha value is -2.24. The molecule has 1 aromatic rings. The maximum Gasteiger partial charge on any atom is 0.407 e. The van der Waals surface area contributed by atoms with Gasteiger partial charge in [0.25, 0.3) is 0 Å². The molecule has 1 rings (SSSR count). The van der Waals surface area contributed by atoms with Gasteiger partial charge >= 0.3 is 6.09 Å². The van der Waals surface area contributed by atoms with E-state index in [9.17, 15) is 4.79 Å². The lowest BCUT2D eigenvalue weighted by molar-refractivity contribution is 0.0528. The number of alkyl carbamates (subject to hydrolysis) is 1. The van der Waals surface area contributed by atoms with Gasteiger partial charge < -0.3 is 21.1 Å². The highest BCUT2D eigenvalue weighted by Crippen LogP contribution is 2.11. The van der Waals surface area contributed by atoms with Crippen LogP contribution in [0.2, 0.25) is 0 Å². The molecule has 6 nitrogen and oxygen atoms in total. The Morgan fingerprint density at radius 3 is 2.73 bits per heavy atom. The van der Waals surface area contributed by atoms with Crippen molar-refractivity contribution >= 4 is 17.7 Å². The quantitative estimate of drug-likeness (QED) is 0.576. The molecule has 0 aromatic heterocycles. The van der Waals surface area contributed by atoms with Crippen molar-refractivity contribution in [2.24, 2.45) is 10.7 Å². The van der Waals surface area contributed by atoms with E-state index in [4.69, 9.17) is 10.5 Å². The van der Waals surface area contributed by atoms with Gasteiger partial charge in [0.05, 0.1) is 0 Å². The highest BCUT2D eigenvalue weighted by Gasteiger charge is 2.15. The molecule has 1 amide bonds. The molecule has 0 aliphatic rings. The van der Waals surface area contributed by atoms with Crippen molar-refractivity contribution in [3.63, 3.8) is 0 Å². The van der Waals surface area contributed by atoms with Crippen molar-refractivity contribution in [3.05, 3.63) is 29.8 Å². The zero-order valence-electron chi connectivity index (χ0n) is 13.8. The van der Waals surface area contributed by atoms with Gasteiger partial charge in [-0.15, -0.1) is 0 Å². The van der Waals surface area contributed by atoms with Crippen LogP contribution >= 0.6 is 0 Å². The number of nitrogens with one attached hydrogen (secondary N) is 2. The summed E-state index contributed by atoms with van der Waals surface area (Å²) in [6.45, 7) is 8.58. The molecule has 0 aliphatic heterocycles. The third-order valence-electron chi connectivity index (χ3n) is 2.61. The molecule has 0 spiro atoms. The second-order valence-electron chi connectivity index (χ2n) is 5.86. The van der Waals surface area contributed by atoms with Crippen LogP contribution in [0.4, 0.5) is 10.5 Å². The number of nitrogens with zero attached hydrogens (tertiary/aromatic N) is 1. The Kier molecular flexibility index (Phi) is 6.69. The van der Waals surface area contributed by atoms with Gasteiger partial charge in [0.15, 0.2) is 5.96 Å². The summed E-state index contributed by atoms with van der Waals surface area (Å²) in [7, 11) is 0. The summed E-state index contributed by atoms with van der Waals surface area (Å²) in [6, 6.07) is 7.83. The lowest BCUT2D eigenvalue weighted by atomic mass is 10.1. The number of carbonyl (C=O) groups is 1. The molecule has 0 atom stereocenters. The van der Waals surface area contributed by atoms with Gasteiger partial charge in [0.2, 0.25) is 0 Å². The molecule has 0 saturated carbocycles. The predicted molar refractivity (Wildman–Crippen MR) is 90.2 cm³/mol. The van der Waals surface area contributed by atoms with Gasteiger partial charge in [-0.05, 0) is 51.8 Å². The lowest BCUT2D eigenvalue weighted by Crippen LogP contribution is -2.33. The second-order valence-corrected chi connectivity index (χ2v) is 5.86. The van der Waals surface area contributed by atoms with E-state index in [0.717, 1.165) is 11.3 Å². The van der Waals surface area contributed by atoms with Crippen LogP contribution in [0.1, 0.15) is 33.3 Å². The zero-order valence-corrected chi connectivity index (χ0v) is 13.8. The Labute approximate surface area is 132 Å². The molecule has 6 heteroatoms. The van der Waals surface area contributed by atoms with Crippen LogP contribution in [-0.4, -0.2) is 30.7 Å². The van der Waals surface area contributed by atoms with Crippen LogP contribution in [0, 0.1) is 0 Å². The van der Waals surface area contributed by atoms with Crippen molar-refractivity contribution in [3.8, 4) is 0 Å². The molecular weight excluding hydrogens is 280 g/mol. The van der Waals surface area contributed by atoms with Crippen molar-refractivity contribution < 1.29 is 9.53 Å². The number of hydrogen-bond donors (Lipinski definition) is 3. The SMILES string of the molecule is CCN=C(N)Nc1cccc(CCNC(=O)OC(C)(C)C)c1. The van der Waals surface area contributed by atoms with Gasteiger partial charge in [-0.3, -0.25) is 4.99 Å². The van der Waals surface area contributed by atoms with E-state index in [-0.39, 0.29) is 0 Å². The standard InChI is InChI=1S/C16H26N4O2/c1-5-18-14(17)20-13-8-6-7-12(11-13)9-10-19-15(21)22-16(2,3)4/h6-8,11H,5,9-10H2,1-4H3,(H,19,21)(H3,17,18,20). The van der Waals surface area contributed by atoms with Crippen molar-refractivity contribution in [1.82, 2.24) is 5.32 Å². The smallest absolute Gasteiger partial charge is 0.407 e.